The van der Waals surface area contributed by atoms with Crippen LogP contribution in [0.1, 0.15) is 22.3 Å². The molecule has 10 aromatic carbocycles. The predicted octanol–water partition coefficient (Wildman–Crippen LogP) is 16.0. The molecule has 0 saturated carbocycles. The molecule has 0 N–H and O–H groups in total. The van der Waals surface area contributed by atoms with Crippen LogP contribution in [-0.4, -0.2) is 0 Å². The van der Waals surface area contributed by atoms with E-state index in [0.29, 0.717) is 0 Å². The normalized spacial score (nSPS) is 13.3. The maximum Gasteiger partial charge on any atom is 0.159 e. The summed E-state index contributed by atoms with van der Waals surface area (Å²) in [4.78, 5) is 4.84. The van der Waals surface area contributed by atoms with Crippen molar-refractivity contribution in [2.45, 2.75) is 5.41 Å². The van der Waals surface area contributed by atoms with Crippen LogP contribution < -0.4 is 9.80 Å². The second-order valence-electron chi connectivity index (χ2n) is 16.4. The SMILES string of the molecule is c1ccc(-c2ccc(N(c3ccc4c(c3)C3(c5ccccc5N(c5ccccc5)c5ccccc53)c3ccc5ccccc5c3-4)c3cccc4c3oc3ccccc34)cc2)cc1. The van der Waals surface area contributed by atoms with Crippen LogP contribution in [0, 0.1) is 0 Å². The highest BCUT2D eigenvalue weighted by atomic mass is 16.3. The number of hydrogen-bond donors (Lipinski definition) is 0. The van der Waals surface area contributed by atoms with Gasteiger partial charge in [0.1, 0.15) is 5.58 Å². The van der Waals surface area contributed by atoms with Gasteiger partial charge in [-0.2, -0.15) is 0 Å². The van der Waals surface area contributed by atoms with Crippen LogP contribution in [0.2, 0.25) is 0 Å². The molecule has 1 aliphatic heterocycles. The van der Waals surface area contributed by atoms with E-state index in [-0.39, 0.29) is 0 Å². The molecular weight excluding hydrogens is 753 g/mol. The molecule has 3 nitrogen and oxygen atoms in total. The molecule has 62 heavy (non-hydrogen) atoms. The van der Waals surface area contributed by atoms with Crippen LogP contribution in [0.25, 0.3) is 55.0 Å². The molecule has 2 aliphatic rings. The number of para-hydroxylation sites is 5. The molecule has 0 saturated heterocycles. The van der Waals surface area contributed by atoms with E-state index < -0.39 is 5.41 Å². The van der Waals surface area contributed by atoms with Gasteiger partial charge in [-0.1, -0.05) is 170 Å². The van der Waals surface area contributed by atoms with E-state index in [2.05, 4.69) is 234 Å². The zero-order valence-electron chi connectivity index (χ0n) is 33.7. The average molecular weight is 791 g/mol. The van der Waals surface area contributed by atoms with Gasteiger partial charge >= 0.3 is 0 Å². The van der Waals surface area contributed by atoms with Crippen LogP contribution >= 0.6 is 0 Å². The fraction of sp³-hybridized carbons (Fsp3) is 0.0169. The van der Waals surface area contributed by atoms with Crippen molar-refractivity contribution in [3.05, 3.63) is 253 Å². The van der Waals surface area contributed by atoms with Crippen LogP contribution in [0.4, 0.5) is 34.1 Å². The smallest absolute Gasteiger partial charge is 0.159 e. The summed E-state index contributed by atoms with van der Waals surface area (Å²) in [5, 5.41) is 4.70. The number of anilines is 6. The average Bonchev–Trinajstić information content (AvgIpc) is 3.87. The first-order valence-electron chi connectivity index (χ1n) is 21.3. The minimum absolute atomic E-state index is 0.628. The first-order chi connectivity index (χ1) is 30.8. The highest BCUT2D eigenvalue weighted by Crippen LogP contribution is 2.65. The number of rotatable bonds is 5. The summed E-state index contributed by atoms with van der Waals surface area (Å²) in [5.41, 5.74) is 17.7. The van der Waals surface area contributed by atoms with E-state index in [0.717, 1.165) is 44.7 Å². The van der Waals surface area contributed by atoms with Crippen molar-refractivity contribution < 1.29 is 4.42 Å². The molecule has 1 spiro atoms. The first-order valence-corrected chi connectivity index (χ1v) is 21.3. The van der Waals surface area contributed by atoms with Crippen molar-refractivity contribution in [1.29, 1.82) is 0 Å². The largest absolute Gasteiger partial charge is 0.454 e. The van der Waals surface area contributed by atoms with Crippen molar-refractivity contribution in [3.8, 4) is 22.3 Å². The summed E-state index contributed by atoms with van der Waals surface area (Å²) < 4.78 is 6.80. The Kier molecular flexibility index (Phi) is 7.52. The Balaban J connectivity index is 1.12. The summed E-state index contributed by atoms with van der Waals surface area (Å²) in [5.74, 6) is 0. The highest BCUT2D eigenvalue weighted by molar-refractivity contribution is 6.11. The van der Waals surface area contributed by atoms with E-state index in [1.165, 1.54) is 66.7 Å². The van der Waals surface area contributed by atoms with Gasteiger partial charge in [-0.25, -0.2) is 0 Å². The summed E-state index contributed by atoms with van der Waals surface area (Å²) in [6, 6.07) is 84.1. The fourth-order valence-corrected chi connectivity index (χ4v) is 10.7. The van der Waals surface area contributed by atoms with E-state index >= 15 is 0 Å². The van der Waals surface area contributed by atoms with Crippen molar-refractivity contribution in [3.63, 3.8) is 0 Å². The van der Waals surface area contributed by atoms with Gasteiger partial charge in [0.05, 0.1) is 22.5 Å². The number of fused-ring (bicyclic) bond motifs is 14. The monoisotopic (exact) mass is 790 g/mol. The maximum absolute atomic E-state index is 6.80. The van der Waals surface area contributed by atoms with E-state index in [9.17, 15) is 0 Å². The third kappa shape index (κ3) is 4.88. The molecule has 0 atom stereocenters. The fourth-order valence-electron chi connectivity index (χ4n) is 10.7. The number of nitrogens with zero attached hydrogens (tertiary/aromatic N) is 2. The van der Waals surface area contributed by atoms with Gasteiger partial charge in [0, 0.05) is 27.8 Å². The minimum Gasteiger partial charge on any atom is -0.454 e. The van der Waals surface area contributed by atoms with E-state index in [1.54, 1.807) is 0 Å². The van der Waals surface area contributed by atoms with E-state index in [4.69, 9.17) is 4.42 Å². The Morgan fingerprint density at radius 2 is 1.02 bits per heavy atom. The van der Waals surface area contributed by atoms with Crippen LogP contribution in [0.15, 0.2) is 235 Å². The summed E-state index contributed by atoms with van der Waals surface area (Å²) in [7, 11) is 0. The predicted molar refractivity (Wildman–Crippen MR) is 257 cm³/mol. The zero-order chi connectivity index (χ0) is 40.8. The Hall–Kier alpha value is -8.14. The van der Waals surface area contributed by atoms with Gasteiger partial charge in [0.2, 0.25) is 0 Å². The lowest BCUT2D eigenvalue weighted by Crippen LogP contribution is -2.36. The second-order valence-corrected chi connectivity index (χ2v) is 16.4. The van der Waals surface area contributed by atoms with Crippen molar-refractivity contribution >= 4 is 66.8 Å². The lowest BCUT2D eigenvalue weighted by molar-refractivity contribution is 0.669. The van der Waals surface area contributed by atoms with E-state index in [1.807, 2.05) is 6.07 Å². The zero-order valence-corrected chi connectivity index (χ0v) is 33.7. The molecule has 0 amide bonds. The molecule has 0 fully saturated rings. The van der Waals surface area contributed by atoms with Gasteiger partial charge in [0.25, 0.3) is 0 Å². The molecule has 290 valence electrons. The molecule has 2 heterocycles. The number of furan rings is 1. The van der Waals surface area contributed by atoms with Crippen molar-refractivity contribution in [2.24, 2.45) is 0 Å². The van der Waals surface area contributed by atoms with Gasteiger partial charge in [-0.15, -0.1) is 0 Å². The molecule has 13 rings (SSSR count). The van der Waals surface area contributed by atoms with Crippen LogP contribution in [0.5, 0.6) is 0 Å². The molecule has 0 radical (unpaired) electrons. The number of benzene rings is 10. The molecular formula is C59H38N2O. The Bertz CT molecular complexity index is 3490. The lowest BCUT2D eigenvalue weighted by Gasteiger charge is -2.45. The molecule has 11 aromatic rings. The number of hydrogen-bond acceptors (Lipinski definition) is 3. The highest BCUT2D eigenvalue weighted by Gasteiger charge is 2.52. The minimum atomic E-state index is -0.628. The van der Waals surface area contributed by atoms with Gasteiger partial charge < -0.3 is 14.2 Å². The Labute approximate surface area is 360 Å². The lowest BCUT2D eigenvalue weighted by atomic mass is 9.64. The van der Waals surface area contributed by atoms with Crippen molar-refractivity contribution in [1.82, 2.24) is 0 Å². The Morgan fingerprint density at radius 1 is 0.403 bits per heavy atom. The van der Waals surface area contributed by atoms with Crippen LogP contribution in [-0.2, 0) is 5.41 Å². The molecule has 0 unspecified atom stereocenters. The van der Waals surface area contributed by atoms with Gasteiger partial charge in [-0.3, -0.25) is 0 Å². The quantitative estimate of drug-likeness (QED) is 0.173. The van der Waals surface area contributed by atoms with Gasteiger partial charge in [0.15, 0.2) is 5.58 Å². The van der Waals surface area contributed by atoms with Gasteiger partial charge in [-0.05, 0) is 116 Å². The molecule has 3 heteroatoms. The topological polar surface area (TPSA) is 19.6 Å². The standard InChI is InChI=1S/C59H38N2O/c1-3-16-39(17-4-1)40-30-33-43(34-31-40)60(55-28-15-23-47-46-22-9-14-29-56(46)62-58(47)55)44-35-36-48-52(38-44)59(51-37-32-41-18-7-8-21-45(41)57(48)51)49-24-10-12-26-53(49)61(42-19-5-2-6-20-42)54-27-13-11-25-50(54)59/h1-38H. The summed E-state index contributed by atoms with van der Waals surface area (Å²) in [6.07, 6.45) is 0. The molecule has 0 bridgehead atoms. The molecule has 1 aliphatic carbocycles. The summed E-state index contributed by atoms with van der Waals surface area (Å²) in [6.45, 7) is 0. The van der Waals surface area contributed by atoms with Crippen LogP contribution in [0.3, 0.4) is 0 Å². The van der Waals surface area contributed by atoms with Crippen molar-refractivity contribution in [2.75, 3.05) is 9.80 Å². The second kappa shape index (κ2) is 13.4. The summed E-state index contributed by atoms with van der Waals surface area (Å²) >= 11 is 0. The first kappa shape index (κ1) is 34.7. The third-order valence-electron chi connectivity index (χ3n) is 13.2. The third-order valence-corrected chi connectivity index (χ3v) is 13.2. The Morgan fingerprint density at radius 3 is 1.79 bits per heavy atom. The maximum atomic E-state index is 6.80. The molecule has 1 aromatic heterocycles.